The molecule has 0 saturated carbocycles. The number of hydrogen-bond acceptors (Lipinski definition) is 4. The second-order valence-electron chi connectivity index (χ2n) is 7.14. The van der Waals surface area contributed by atoms with Crippen molar-refractivity contribution in [2.75, 3.05) is 13.1 Å². The van der Waals surface area contributed by atoms with E-state index in [9.17, 15) is 4.79 Å². The number of rotatable bonds is 3. The SMILES string of the molecule is Cc1cc(C)n2nc(CC(=O)N3CCC(c4ccccc4C)C3)nc2n1. The normalized spacial score (nSPS) is 17.2. The van der Waals surface area contributed by atoms with Gasteiger partial charge in [0.05, 0.1) is 6.42 Å². The van der Waals surface area contributed by atoms with E-state index in [1.807, 2.05) is 24.8 Å². The van der Waals surface area contributed by atoms with Crippen molar-refractivity contribution in [3.63, 3.8) is 0 Å². The molecule has 1 atom stereocenters. The molecule has 3 heterocycles. The van der Waals surface area contributed by atoms with E-state index in [0.717, 1.165) is 30.9 Å². The molecular formula is C20H23N5O. The Morgan fingerprint density at radius 2 is 2.00 bits per heavy atom. The van der Waals surface area contributed by atoms with Gasteiger partial charge in [-0.15, -0.1) is 5.10 Å². The zero-order valence-corrected chi connectivity index (χ0v) is 15.4. The monoisotopic (exact) mass is 349 g/mol. The molecule has 1 amide bonds. The Labute approximate surface area is 152 Å². The van der Waals surface area contributed by atoms with Crippen molar-refractivity contribution in [1.82, 2.24) is 24.5 Å². The van der Waals surface area contributed by atoms with E-state index in [1.165, 1.54) is 11.1 Å². The molecular weight excluding hydrogens is 326 g/mol. The molecule has 1 aliphatic rings. The highest BCUT2D eigenvalue weighted by atomic mass is 16.2. The number of carbonyl (C=O) groups excluding carboxylic acids is 1. The second-order valence-corrected chi connectivity index (χ2v) is 7.14. The molecule has 0 spiro atoms. The Hall–Kier alpha value is -2.76. The number of benzene rings is 1. The number of fused-ring (bicyclic) bond motifs is 1. The van der Waals surface area contributed by atoms with Crippen LogP contribution in [-0.4, -0.2) is 43.5 Å². The summed E-state index contributed by atoms with van der Waals surface area (Å²) in [6.07, 6.45) is 1.23. The van der Waals surface area contributed by atoms with Crippen LogP contribution in [0, 0.1) is 20.8 Å². The lowest BCUT2D eigenvalue weighted by Gasteiger charge is -2.17. The number of likely N-dealkylation sites (tertiary alicyclic amines) is 1. The van der Waals surface area contributed by atoms with Crippen LogP contribution >= 0.6 is 0 Å². The Balaban J connectivity index is 1.47. The number of amides is 1. The molecule has 6 nitrogen and oxygen atoms in total. The van der Waals surface area contributed by atoms with Crippen LogP contribution in [-0.2, 0) is 11.2 Å². The number of nitrogens with zero attached hydrogens (tertiary/aromatic N) is 5. The van der Waals surface area contributed by atoms with Crippen molar-refractivity contribution in [2.24, 2.45) is 0 Å². The first kappa shape index (κ1) is 16.7. The molecule has 134 valence electrons. The van der Waals surface area contributed by atoms with Crippen LogP contribution in [0.3, 0.4) is 0 Å². The van der Waals surface area contributed by atoms with Crippen LogP contribution in [0.1, 0.15) is 40.7 Å². The van der Waals surface area contributed by atoms with Gasteiger partial charge in [0.1, 0.15) is 0 Å². The molecule has 0 N–H and O–H groups in total. The Morgan fingerprint density at radius 1 is 1.19 bits per heavy atom. The van der Waals surface area contributed by atoms with Gasteiger partial charge in [0, 0.05) is 30.4 Å². The van der Waals surface area contributed by atoms with Crippen molar-refractivity contribution in [3.8, 4) is 0 Å². The van der Waals surface area contributed by atoms with Crippen LogP contribution in [0.5, 0.6) is 0 Å². The fourth-order valence-electron chi connectivity index (χ4n) is 3.82. The summed E-state index contributed by atoms with van der Waals surface area (Å²) in [6.45, 7) is 7.60. The van der Waals surface area contributed by atoms with E-state index in [-0.39, 0.29) is 12.3 Å². The fourth-order valence-corrected chi connectivity index (χ4v) is 3.82. The topological polar surface area (TPSA) is 63.4 Å². The lowest BCUT2D eigenvalue weighted by molar-refractivity contribution is -0.129. The minimum Gasteiger partial charge on any atom is -0.342 e. The first-order valence-corrected chi connectivity index (χ1v) is 9.04. The van der Waals surface area contributed by atoms with Gasteiger partial charge in [-0.2, -0.15) is 4.98 Å². The largest absolute Gasteiger partial charge is 0.342 e. The maximum absolute atomic E-state index is 12.7. The smallest absolute Gasteiger partial charge is 0.252 e. The molecule has 1 aromatic carbocycles. The highest BCUT2D eigenvalue weighted by Gasteiger charge is 2.28. The third kappa shape index (κ3) is 3.07. The molecule has 0 bridgehead atoms. The molecule has 1 fully saturated rings. The summed E-state index contributed by atoms with van der Waals surface area (Å²) in [5, 5.41) is 4.45. The van der Waals surface area contributed by atoms with Gasteiger partial charge in [0.2, 0.25) is 5.91 Å². The minimum absolute atomic E-state index is 0.0892. The van der Waals surface area contributed by atoms with Crippen LogP contribution < -0.4 is 0 Å². The summed E-state index contributed by atoms with van der Waals surface area (Å²) >= 11 is 0. The average molecular weight is 349 g/mol. The lowest BCUT2D eigenvalue weighted by Crippen LogP contribution is -2.30. The first-order chi connectivity index (χ1) is 12.5. The zero-order chi connectivity index (χ0) is 18.3. The average Bonchev–Trinajstić information content (AvgIpc) is 3.22. The second kappa shape index (κ2) is 6.52. The number of hydrogen-bond donors (Lipinski definition) is 0. The fraction of sp³-hybridized carbons (Fsp3) is 0.400. The number of aromatic nitrogens is 4. The lowest BCUT2D eigenvalue weighted by atomic mass is 9.94. The van der Waals surface area contributed by atoms with E-state index < -0.39 is 0 Å². The maximum Gasteiger partial charge on any atom is 0.252 e. The minimum atomic E-state index is 0.0892. The van der Waals surface area contributed by atoms with Crippen molar-refractivity contribution >= 4 is 11.7 Å². The van der Waals surface area contributed by atoms with Crippen LogP contribution in [0.25, 0.3) is 5.78 Å². The van der Waals surface area contributed by atoms with Crippen molar-refractivity contribution in [2.45, 2.75) is 39.5 Å². The van der Waals surface area contributed by atoms with Crippen molar-refractivity contribution in [3.05, 3.63) is 58.7 Å². The highest BCUT2D eigenvalue weighted by Crippen LogP contribution is 2.29. The predicted octanol–water partition coefficient (Wildman–Crippen LogP) is 2.61. The van der Waals surface area contributed by atoms with Crippen LogP contribution in [0.15, 0.2) is 30.3 Å². The van der Waals surface area contributed by atoms with E-state index in [0.29, 0.717) is 17.5 Å². The molecule has 0 aliphatic carbocycles. The van der Waals surface area contributed by atoms with Gasteiger partial charge in [-0.25, -0.2) is 9.50 Å². The van der Waals surface area contributed by atoms with Crippen LogP contribution in [0.4, 0.5) is 0 Å². The molecule has 26 heavy (non-hydrogen) atoms. The number of aryl methyl sites for hydroxylation is 3. The van der Waals surface area contributed by atoms with Gasteiger partial charge in [0.25, 0.3) is 5.78 Å². The summed E-state index contributed by atoms with van der Waals surface area (Å²) in [6, 6.07) is 10.4. The van der Waals surface area contributed by atoms with Crippen molar-refractivity contribution in [1.29, 1.82) is 0 Å². The number of carbonyl (C=O) groups is 1. The van der Waals surface area contributed by atoms with Gasteiger partial charge in [-0.05, 0) is 44.4 Å². The Kier molecular flexibility index (Phi) is 4.18. The Morgan fingerprint density at radius 3 is 2.81 bits per heavy atom. The summed E-state index contributed by atoms with van der Waals surface area (Å²) in [5.41, 5.74) is 4.52. The third-order valence-corrected chi connectivity index (χ3v) is 5.14. The molecule has 1 aliphatic heterocycles. The Bertz CT molecular complexity index is 977. The molecule has 4 rings (SSSR count). The van der Waals surface area contributed by atoms with Gasteiger partial charge >= 0.3 is 0 Å². The molecule has 1 saturated heterocycles. The zero-order valence-electron chi connectivity index (χ0n) is 15.4. The van der Waals surface area contributed by atoms with Crippen LogP contribution in [0.2, 0.25) is 0 Å². The molecule has 6 heteroatoms. The standard InChI is InChI=1S/C20H23N5O/c1-13-6-4-5-7-17(13)16-8-9-24(12-16)19(26)11-18-22-20-21-14(2)10-15(3)25(20)23-18/h4-7,10,16H,8-9,11-12H2,1-3H3. The third-order valence-electron chi connectivity index (χ3n) is 5.14. The van der Waals surface area contributed by atoms with Gasteiger partial charge < -0.3 is 4.90 Å². The van der Waals surface area contributed by atoms with E-state index in [1.54, 1.807) is 4.52 Å². The van der Waals surface area contributed by atoms with E-state index in [4.69, 9.17) is 0 Å². The van der Waals surface area contributed by atoms with Gasteiger partial charge in [0.15, 0.2) is 5.82 Å². The summed E-state index contributed by atoms with van der Waals surface area (Å²) in [4.78, 5) is 23.5. The highest BCUT2D eigenvalue weighted by molar-refractivity contribution is 5.78. The van der Waals surface area contributed by atoms with Crippen molar-refractivity contribution < 1.29 is 4.79 Å². The summed E-state index contributed by atoms with van der Waals surface area (Å²) < 4.78 is 1.70. The molecule has 0 radical (unpaired) electrons. The molecule has 2 aromatic heterocycles. The van der Waals surface area contributed by atoms with Gasteiger partial charge in [-0.3, -0.25) is 4.79 Å². The predicted molar refractivity (Wildman–Crippen MR) is 99.1 cm³/mol. The quantitative estimate of drug-likeness (QED) is 0.729. The van der Waals surface area contributed by atoms with E-state index >= 15 is 0 Å². The molecule has 3 aromatic rings. The van der Waals surface area contributed by atoms with E-state index in [2.05, 4.69) is 46.3 Å². The summed E-state index contributed by atoms with van der Waals surface area (Å²) in [7, 11) is 0. The molecule has 1 unspecified atom stereocenters. The first-order valence-electron chi connectivity index (χ1n) is 9.04. The summed E-state index contributed by atoms with van der Waals surface area (Å²) in [5.74, 6) is 1.60. The maximum atomic E-state index is 12.7. The van der Waals surface area contributed by atoms with Gasteiger partial charge in [-0.1, -0.05) is 24.3 Å².